The molecule has 0 spiro atoms. The number of carbonyl (C=O) groups is 2. The van der Waals surface area contributed by atoms with E-state index in [1.54, 1.807) is 0 Å². The van der Waals surface area contributed by atoms with Gasteiger partial charge in [0, 0.05) is 6.54 Å². The second-order valence-electron chi connectivity index (χ2n) is 3.52. The lowest BCUT2D eigenvalue weighted by Crippen LogP contribution is -2.56. The number of likely N-dealkylation sites (tertiary alicyclic amines) is 1. The van der Waals surface area contributed by atoms with Crippen molar-refractivity contribution < 1.29 is 24.9 Å². The Morgan fingerprint density at radius 3 is 2.43 bits per heavy atom. The zero-order valence-electron chi connectivity index (χ0n) is 7.80. The summed E-state index contributed by atoms with van der Waals surface area (Å²) >= 11 is 0. The summed E-state index contributed by atoms with van der Waals surface area (Å²) < 4.78 is 0. The maximum Gasteiger partial charge on any atom is 0.351 e. The first-order valence-corrected chi connectivity index (χ1v) is 4.32. The minimum atomic E-state index is -2.10. The third-order valence-electron chi connectivity index (χ3n) is 2.50. The minimum Gasteiger partial charge on any atom is -0.480 e. The van der Waals surface area contributed by atoms with Crippen LogP contribution in [0, 0.1) is 0 Å². The fourth-order valence-electron chi connectivity index (χ4n) is 1.67. The molecule has 0 bridgehead atoms. The quantitative estimate of drug-likeness (QED) is 0.562. The Bertz CT molecular complexity index is 262. The van der Waals surface area contributed by atoms with Crippen LogP contribution in [0.2, 0.25) is 0 Å². The van der Waals surface area contributed by atoms with Crippen molar-refractivity contribution in [3.63, 3.8) is 0 Å². The predicted molar refractivity (Wildman–Crippen MR) is 45.6 cm³/mol. The van der Waals surface area contributed by atoms with Gasteiger partial charge in [0.2, 0.25) is 5.72 Å². The van der Waals surface area contributed by atoms with Crippen molar-refractivity contribution in [2.24, 2.45) is 0 Å². The largest absolute Gasteiger partial charge is 0.480 e. The molecule has 14 heavy (non-hydrogen) atoms. The van der Waals surface area contributed by atoms with Crippen LogP contribution in [0.15, 0.2) is 0 Å². The number of hydrogen-bond acceptors (Lipinski definition) is 4. The van der Waals surface area contributed by atoms with Gasteiger partial charge < -0.3 is 15.3 Å². The summed E-state index contributed by atoms with van der Waals surface area (Å²) in [6, 6.07) is -0.902. The van der Waals surface area contributed by atoms with Crippen LogP contribution in [0.5, 0.6) is 0 Å². The van der Waals surface area contributed by atoms with Gasteiger partial charge in [0.15, 0.2) is 0 Å². The number of aliphatic hydroxyl groups is 1. The van der Waals surface area contributed by atoms with E-state index in [-0.39, 0.29) is 6.54 Å². The van der Waals surface area contributed by atoms with Gasteiger partial charge in [-0.1, -0.05) is 0 Å². The number of aliphatic carboxylic acids is 2. The molecule has 0 aromatic carbocycles. The Balaban J connectivity index is 2.86. The van der Waals surface area contributed by atoms with Crippen molar-refractivity contribution in [2.75, 3.05) is 6.54 Å². The zero-order valence-corrected chi connectivity index (χ0v) is 7.80. The molecule has 80 valence electrons. The van der Waals surface area contributed by atoms with Crippen LogP contribution in [0.4, 0.5) is 0 Å². The molecule has 1 saturated heterocycles. The Morgan fingerprint density at radius 2 is 2.00 bits per heavy atom. The van der Waals surface area contributed by atoms with Gasteiger partial charge in [-0.2, -0.15) is 0 Å². The Morgan fingerprint density at radius 1 is 1.43 bits per heavy atom. The van der Waals surface area contributed by atoms with Crippen molar-refractivity contribution in [1.29, 1.82) is 0 Å². The molecule has 1 fully saturated rings. The van der Waals surface area contributed by atoms with E-state index in [0.717, 1.165) is 11.8 Å². The van der Waals surface area contributed by atoms with Crippen molar-refractivity contribution in [3.8, 4) is 0 Å². The number of hydrogen-bond donors (Lipinski definition) is 3. The average Bonchev–Trinajstić information content (AvgIpc) is 2.51. The molecule has 0 saturated carbocycles. The second-order valence-corrected chi connectivity index (χ2v) is 3.52. The van der Waals surface area contributed by atoms with Crippen LogP contribution in [-0.4, -0.2) is 50.5 Å². The van der Waals surface area contributed by atoms with E-state index in [4.69, 9.17) is 10.2 Å². The second kappa shape index (κ2) is 3.55. The summed E-state index contributed by atoms with van der Waals surface area (Å²) in [5, 5.41) is 27.1. The fourth-order valence-corrected chi connectivity index (χ4v) is 1.67. The number of carboxylic acid groups (broad SMARTS) is 2. The van der Waals surface area contributed by atoms with Crippen LogP contribution in [0.3, 0.4) is 0 Å². The van der Waals surface area contributed by atoms with Gasteiger partial charge in [-0.25, -0.2) is 4.79 Å². The fraction of sp³-hybridized carbons (Fsp3) is 0.750. The highest BCUT2D eigenvalue weighted by molar-refractivity contribution is 5.79. The molecule has 1 heterocycles. The first kappa shape index (κ1) is 10.9. The van der Waals surface area contributed by atoms with Crippen molar-refractivity contribution in [1.82, 2.24) is 4.90 Å². The molecule has 0 aromatic heterocycles. The van der Waals surface area contributed by atoms with Crippen LogP contribution in [-0.2, 0) is 9.59 Å². The summed E-state index contributed by atoms with van der Waals surface area (Å²) in [6.45, 7) is 1.38. The molecule has 6 nitrogen and oxygen atoms in total. The maximum absolute atomic E-state index is 10.7. The van der Waals surface area contributed by atoms with Crippen LogP contribution >= 0.6 is 0 Å². The summed E-state index contributed by atoms with van der Waals surface area (Å²) in [4.78, 5) is 22.5. The minimum absolute atomic E-state index is 0.288. The SMILES string of the molecule is CC(O)(C(=O)O)N1CCC[C@H]1C(=O)O. The van der Waals surface area contributed by atoms with Crippen LogP contribution in [0.1, 0.15) is 19.8 Å². The molecule has 0 radical (unpaired) electrons. The average molecular weight is 203 g/mol. The topological polar surface area (TPSA) is 98.1 Å². The lowest BCUT2D eigenvalue weighted by Gasteiger charge is -2.32. The van der Waals surface area contributed by atoms with Crippen LogP contribution < -0.4 is 0 Å². The highest BCUT2D eigenvalue weighted by Crippen LogP contribution is 2.25. The lowest BCUT2D eigenvalue weighted by molar-refractivity contribution is -0.184. The Kier molecular flexibility index (Phi) is 2.77. The smallest absolute Gasteiger partial charge is 0.351 e. The molecule has 6 heteroatoms. The normalized spacial score (nSPS) is 27.1. The Hall–Kier alpha value is -1.14. The van der Waals surface area contributed by atoms with E-state index in [0.29, 0.717) is 12.8 Å². The van der Waals surface area contributed by atoms with Gasteiger partial charge in [-0.15, -0.1) is 0 Å². The molecule has 0 amide bonds. The van der Waals surface area contributed by atoms with E-state index in [2.05, 4.69) is 0 Å². The zero-order chi connectivity index (χ0) is 10.9. The maximum atomic E-state index is 10.7. The summed E-state index contributed by atoms with van der Waals surface area (Å²) in [5.74, 6) is -2.52. The highest BCUT2D eigenvalue weighted by Gasteiger charge is 2.46. The number of carboxylic acids is 2. The molecule has 0 aliphatic carbocycles. The number of nitrogens with zero attached hydrogens (tertiary/aromatic N) is 1. The third-order valence-corrected chi connectivity index (χ3v) is 2.50. The monoisotopic (exact) mass is 203 g/mol. The first-order valence-electron chi connectivity index (χ1n) is 4.32. The Labute approximate surface area is 80.8 Å². The molecule has 1 unspecified atom stereocenters. The lowest BCUT2D eigenvalue weighted by atomic mass is 10.1. The summed E-state index contributed by atoms with van der Waals surface area (Å²) in [7, 11) is 0. The molecule has 1 aliphatic heterocycles. The van der Waals surface area contributed by atoms with E-state index < -0.39 is 23.7 Å². The molecular weight excluding hydrogens is 190 g/mol. The van der Waals surface area contributed by atoms with Crippen molar-refractivity contribution in [2.45, 2.75) is 31.5 Å². The van der Waals surface area contributed by atoms with E-state index >= 15 is 0 Å². The van der Waals surface area contributed by atoms with Gasteiger partial charge in [0.1, 0.15) is 6.04 Å². The molecular formula is C8H13NO5. The molecule has 3 N–H and O–H groups in total. The summed E-state index contributed by atoms with van der Waals surface area (Å²) in [6.07, 6.45) is 0.958. The van der Waals surface area contributed by atoms with Crippen molar-refractivity contribution in [3.05, 3.63) is 0 Å². The van der Waals surface area contributed by atoms with Gasteiger partial charge in [0.05, 0.1) is 0 Å². The van der Waals surface area contributed by atoms with E-state index in [9.17, 15) is 14.7 Å². The number of rotatable bonds is 3. The van der Waals surface area contributed by atoms with Gasteiger partial charge in [0.25, 0.3) is 0 Å². The van der Waals surface area contributed by atoms with E-state index in [1.165, 1.54) is 0 Å². The molecule has 1 aliphatic rings. The predicted octanol–water partition coefficient (Wildman–Crippen LogP) is -0.671. The standard InChI is InChI=1S/C8H13NO5/c1-8(14,7(12)13)9-4-2-3-5(9)6(10)11/h5,14H,2-4H2,1H3,(H,10,11)(H,12,13)/t5-,8?/m0/s1. The van der Waals surface area contributed by atoms with Gasteiger partial charge in [-0.05, 0) is 19.8 Å². The first-order chi connectivity index (χ1) is 6.37. The summed E-state index contributed by atoms with van der Waals surface area (Å²) in [5.41, 5.74) is -2.10. The van der Waals surface area contributed by atoms with Gasteiger partial charge >= 0.3 is 11.9 Å². The van der Waals surface area contributed by atoms with Crippen molar-refractivity contribution >= 4 is 11.9 Å². The molecule has 0 aromatic rings. The van der Waals surface area contributed by atoms with E-state index in [1.807, 2.05) is 0 Å². The molecule has 2 atom stereocenters. The molecule has 1 rings (SSSR count). The van der Waals surface area contributed by atoms with Gasteiger partial charge in [-0.3, -0.25) is 9.69 Å². The van der Waals surface area contributed by atoms with Crippen LogP contribution in [0.25, 0.3) is 0 Å². The highest BCUT2D eigenvalue weighted by atomic mass is 16.4. The third kappa shape index (κ3) is 1.71.